The van der Waals surface area contributed by atoms with Gasteiger partial charge >= 0.3 is 5.97 Å². The van der Waals surface area contributed by atoms with E-state index in [9.17, 15) is 15.0 Å². The molecule has 0 aliphatic rings. The Morgan fingerprint density at radius 1 is 0.864 bits per heavy atom. The highest BCUT2D eigenvalue weighted by Gasteiger charge is 2.10. The van der Waals surface area contributed by atoms with Crippen LogP contribution in [0.3, 0.4) is 0 Å². The van der Waals surface area contributed by atoms with Crippen molar-refractivity contribution in [2.45, 2.75) is 0 Å². The summed E-state index contributed by atoms with van der Waals surface area (Å²) in [5, 5.41) is 20.9. The number of hydrogen-bond acceptors (Lipinski definition) is 2. The molecule has 0 radical (unpaired) electrons. The second-order valence-corrected chi connectivity index (χ2v) is 5.02. The Kier molecular flexibility index (Phi) is 3.62. The van der Waals surface area contributed by atoms with Crippen molar-refractivity contribution in [3.05, 3.63) is 77.9 Å². The summed E-state index contributed by atoms with van der Waals surface area (Å²) in [6.07, 6.45) is 1.64. The zero-order chi connectivity index (χ0) is 15.5. The molecule has 3 heteroatoms. The third-order valence-electron chi connectivity index (χ3n) is 3.49. The van der Waals surface area contributed by atoms with Crippen molar-refractivity contribution in [2.75, 3.05) is 0 Å². The molecule has 22 heavy (non-hydrogen) atoms. The zero-order valence-corrected chi connectivity index (χ0v) is 11.7. The van der Waals surface area contributed by atoms with E-state index in [0.29, 0.717) is 5.56 Å². The Balaban J connectivity index is 2.08. The summed E-state index contributed by atoms with van der Waals surface area (Å²) in [6.45, 7) is 0. The Morgan fingerprint density at radius 3 is 2.23 bits per heavy atom. The Hall–Kier alpha value is -3.07. The van der Waals surface area contributed by atoms with Crippen LogP contribution in [-0.2, 0) is 4.79 Å². The van der Waals surface area contributed by atoms with E-state index >= 15 is 0 Å². The average Bonchev–Trinajstić information content (AvgIpc) is 2.53. The third-order valence-corrected chi connectivity index (χ3v) is 3.49. The first kappa shape index (κ1) is 13.9. The largest absolute Gasteiger partial charge is 0.508 e. The molecule has 0 heterocycles. The molecule has 0 spiro atoms. The smallest absolute Gasteiger partial charge is 0.336 e. The van der Waals surface area contributed by atoms with Gasteiger partial charge in [0.05, 0.1) is 5.57 Å². The van der Waals surface area contributed by atoms with Crippen molar-refractivity contribution >= 4 is 28.4 Å². The Morgan fingerprint density at radius 2 is 1.55 bits per heavy atom. The van der Waals surface area contributed by atoms with Crippen molar-refractivity contribution in [3.63, 3.8) is 0 Å². The molecule has 3 aromatic carbocycles. The first-order valence-electron chi connectivity index (χ1n) is 6.87. The molecule has 0 saturated carbocycles. The topological polar surface area (TPSA) is 57.5 Å². The van der Waals surface area contributed by atoms with E-state index in [4.69, 9.17) is 0 Å². The van der Waals surface area contributed by atoms with Gasteiger partial charge in [0.2, 0.25) is 0 Å². The van der Waals surface area contributed by atoms with Gasteiger partial charge < -0.3 is 10.2 Å². The van der Waals surface area contributed by atoms with Crippen LogP contribution in [0.4, 0.5) is 0 Å². The standard InChI is InChI=1S/C19H14O3/c20-17-9-7-15(8-10-17)18(19(21)22)12-13-5-6-14-3-1-2-4-16(14)11-13/h1-12,20H,(H,21,22). The normalized spacial score (nSPS) is 11.5. The van der Waals surface area contributed by atoms with E-state index in [1.54, 1.807) is 18.2 Å². The molecule has 0 bridgehead atoms. The van der Waals surface area contributed by atoms with Gasteiger partial charge in [0.25, 0.3) is 0 Å². The highest BCUT2D eigenvalue weighted by Crippen LogP contribution is 2.23. The van der Waals surface area contributed by atoms with Crippen LogP contribution in [0.1, 0.15) is 11.1 Å². The van der Waals surface area contributed by atoms with Crippen molar-refractivity contribution < 1.29 is 15.0 Å². The second-order valence-electron chi connectivity index (χ2n) is 5.02. The van der Waals surface area contributed by atoms with Crippen LogP contribution in [0.5, 0.6) is 5.75 Å². The molecule has 2 N–H and O–H groups in total. The van der Waals surface area contributed by atoms with Gasteiger partial charge in [0.1, 0.15) is 5.75 Å². The summed E-state index contributed by atoms with van der Waals surface area (Å²) in [5.41, 5.74) is 1.57. The van der Waals surface area contributed by atoms with E-state index < -0.39 is 5.97 Å². The van der Waals surface area contributed by atoms with Crippen molar-refractivity contribution in [1.29, 1.82) is 0 Å². The number of phenols is 1. The van der Waals surface area contributed by atoms with E-state index in [1.807, 2.05) is 42.5 Å². The van der Waals surface area contributed by atoms with Gasteiger partial charge in [-0.05, 0) is 46.2 Å². The maximum absolute atomic E-state index is 11.5. The molecule has 0 atom stereocenters. The minimum atomic E-state index is -1.00. The predicted octanol–water partition coefficient (Wildman–Crippen LogP) is 4.17. The first-order chi connectivity index (χ1) is 10.6. The summed E-state index contributed by atoms with van der Waals surface area (Å²) >= 11 is 0. The average molecular weight is 290 g/mol. The molecule has 3 nitrogen and oxygen atoms in total. The minimum Gasteiger partial charge on any atom is -0.508 e. The molecule has 0 saturated heterocycles. The highest BCUT2D eigenvalue weighted by molar-refractivity contribution is 6.20. The summed E-state index contributed by atoms with van der Waals surface area (Å²) in [7, 11) is 0. The number of aliphatic carboxylic acids is 1. The maximum Gasteiger partial charge on any atom is 0.336 e. The van der Waals surface area contributed by atoms with Gasteiger partial charge in [-0.1, -0.05) is 48.5 Å². The van der Waals surface area contributed by atoms with Crippen LogP contribution in [0.15, 0.2) is 66.7 Å². The fourth-order valence-corrected chi connectivity index (χ4v) is 2.37. The highest BCUT2D eigenvalue weighted by atomic mass is 16.4. The Labute approximate surface area is 127 Å². The molecule has 0 fully saturated rings. The molecule has 0 aliphatic carbocycles. The number of hydrogen-bond donors (Lipinski definition) is 2. The molecular weight excluding hydrogens is 276 g/mol. The minimum absolute atomic E-state index is 0.110. The van der Waals surface area contributed by atoms with Gasteiger partial charge in [0.15, 0.2) is 0 Å². The van der Waals surface area contributed by atoms with Crippen molar-refractivity contribution in [2.24, 2.45) is 0 Å². The van der Waals surface area contributed by atoms with E-state index in [1.165, 1.54) is 12.1 Å². The number of carboxylic acids is 1. The molecule has 0 unspecified atom stereocenters. The molecular formula is C19H14O3. The van der Waals surface area contributed by atoms with Crippen LogP contribution in [0, 0.1) is 0 Å². The van der Waals surface area contributed by atoms with Gasteiger partial charge in [-0.25, -0.2) is 4.79 Å². The number of phenolic OH excluding ortho intramolecular Hbond substituents is 1. The Bertz CT molecular complexity index is 861. The molecule has 0 aromatic heterocycles. The van der Waals surface area contributed by atoms with Gasteiger partial charge in [-0.2, -0.15) is 0 Å². The molecule has 0 amide bonds. The monoisotopic (exact) mass is 290 g/mol. The zero-order valence-electron chi connectivity index (χ0n) is 11.7. The number of aromatic hydroxyl groups is 1. The summed E-state index contributed by atoms with van der Waals surface area (Å²) in [6, 6.07) is 19.9. The SMILES string of the molecule is O=C(O)C(=Cc1ccc2ccccc2c1)c1ccc(O)cc1. The predicted molar refractivity (Wildman–Crippen MR) is 87.6 cm³/mol. The van der Waals surface area contributed by atoms with E-state index in [0.717, 1.165) is 16.3 Å². The van der Waals surface area contributed by atoms with Gasteiger partial charge in [0, 0.05) is 0 Å². The van der Waals surface area contributed by atoms with Crippen LogP contribution in [0.25, 0.3) is 22.4 Å². The molecule has 3 aromatic rings. The quantitative estimate of drug-likeness (QED) is 0.562. The van der Waals surface area contributed by atoms with Crippen molar-refractivity contribution in [1.82, 2.24) is 0 Å². The lowest BCUT2D eigenvalue weighted by Crippen LogP contribution is -1.99. The van der Waals surface area contributed by atoms with E-state index in [2.05, 4.69) is 0 Å². The number of rotatable bonds is 3. The lowest BCUT2D eigenvalue weighted by atomic mass is 10.0. The van der Waals surface area contributed by atoms with E-state index in [-0.39, 0.29) is 11.3 Å². The number of fused-ring (bicyclic) bond motifs is 1. The van der Waals surface area contributed by atoms with Crippen LogP contribution in [0.2, 0.25) is 0 Å². The maximum atomic E-state index is 11.5. The lowest BCUT2D eigenvalue weighted by Gasteiger charge is -2.05. The number of carbonyl (C=O) groups is 1. The summed E-state index contributed by atoms with van der Waals surface area (Å²) < 4.78 is 0. The summed E-state index contributed by atoms with van der Waals surface area (Å²) in [4.78, 5) is 11.5. The van der Waals surface area contributed by atoms with Gasteiger partial charge in [-0.3, -0.25) is 0 Å². The van der Waals surface area contributed by atoms with Crippen molar-refractivity contribution in [3.8, 4) is 5.75 Å². The first-order valence-corrected chi connectivity index (χ1v) is 6.87. The fraction of sp³-hybridized carbons (Fsp3) is 0. The third kappa shape index (κ3) is 2.83. The second kappa shape index (κ2) is 5.74. The van der Waals surface area contributed by atoms with Crippen LogP contribution >= 0.6 is 0 Å². The molecule has 108 valence electrons. The number of carboxylic acid groups (broad SMARTS) is 1. The molecule has 0 aliphatic heterocycles. The fourth-order valence-electron chi connectivity index (χ4n) is 2.37. The molecule has 3 rings (SSSR count). The van der Waals surface area contributed by atoms with Gasteiger partial charge in [-0.15, -0.1) is 0 Å². The van der Waals surface area contributed by atoms with Crippen LogP contribution in [-0.4, -0.2) is 16.2 Å². The summed E-state index contributed by atoms with van der Waals surface area (Å²) in [5.74, 6) is -0.891. The van der Waals surface area contributed by atoms with Crippen LogP contribution < -0.4 is 0 Å². The lowest BCUT2D eigenvalue weighted by molar-refractivity contribution is -0.130. The number of benzene rings is 3.